The molecule has 0 aliphatic carbocycles. The molecule has 1 aromatic rings. The molecule has 0 spiro atoms. The minimum atomic E-state index is -0.162. The van der Waals surface area contributed by atoms with Gasteiger partial charge in [0.15, 0.2) is 0 Å². The van der Waals surface area contributed by atoms with Gasteiger partial charge in [0.1, 0.15) is 18.2 Å². The fourth-order valence-corrected chi connectivity index (χ4v) is 3.82. The highest BCUT2D eigenvalue weighted by Crippen LogP contribution is 2.36. The maximum Gasteiger partial charge on any atom is 0.246 e. The molecule has 1 amide bonds. The Balaban J connectivity index is 3.51. The number of carbonyl (C=O) groups is 1. The minimum Gasteiger partial charge on any atom is -0.491 e. The summed E-state index contributed by atoms with van der Waals surface area (Å²) >= 11 is 13.0. The summed E-state index contributed by atoms with van der Waals surface area (Å²) in [5.41, 5.74) is 9.10. The van der Waals surface area contributed by atoms with E-state index in [1.807, 2.05) is 26.8 Å². The summed E-state index contributed by atoms with van der Waals surface area (Å²) in [7, 11) is 0. The Morgan fingerprint density at radius 1 is 1.18 bits per heavy atom. The second-order valence-corrected chi connectivity index (χ2v) is 8.37. The summed E-state index contributed by atoms with van der Waals surface area (Å²) in [4.78, 5) is 18.9. The van der Waals surface area contributed by atoms with E-state index in [0.29, 0.717) is 45.8 Å². The number of ether oxygens (including phenoxy) is 1. The summed E-state index contributed by atoms with van der Waals surface area (Å²) in [6.45, 7) is 18.9. The van der Waals surface area contributed by atoms with E-state index in [0.717, 1.165) is 30.8 Å². The van der Waals surface area contributed by atoms with E-state index in [-0.39, 0.29) is 11.7 Å². The predicted molar refractivity (Wildman–Crippen MR) is 141 cm³/mol. The van der Waals surface area contributed by atoms with Crippen LogP contribution < -0.4 is 15.8 Å². The van der Waals surface area contributed by atoms with Gasteiger partial charge in [0, 0.05) is 35.0 Å². The van der Waals surface area contributed by atoms with E-state index >= 15 is 0 Å². The van der Waals surface area contributed by atoms with Crippen LogP contribution in [0.1, 0.15) is 47.1 Å². The van der Waals surface area contributed by atoms with E-state index < -0.39 is 0 Å². The van der Waals surface area contributed by atoms with Crippen molar-refractivity contribution in [3.05, 3.63) is 57.4 Å². The SMILES string of the molecule is C=C(N)\N=C(C)/C(/C=C(\C)C(=O)NCC)=C(\C)c1cc(OCCN(CC)CC)c(Cl)cc1Cl. The molecule has 0 atom stereocenters. The minimum absolute atomic E-state index is 0.162. The number of likely N-dealkylation sites (N-methyl/N-ethyl adjacent to an activating group) is 2. The molecule has 0 fully saturated rings. The van der Waals surface area contributed by atoms with E-state index in [2.05, 4.69) is 35.6 Å². The Morgan fingerprint density at radius 2 is 1.82 bits per heavy atom. The number of nitrogens with zero attached hydrogens (tertiary/aromatic N) is 2. The van der Waals surface area contributed by atoms with Crippen LogP contribution in [0.25, 0.3) is 5.57 Å². The Bertz CT molecular complexity index is 948. The van der Waals surface area contributed by atoms with Gasteiger partial charge in [-0.3, -0.25) is 4.79 Å². The number of amides is 1. The molecule has 1 rings (SSSR count). The van der Waals surface area contributed by atoms with Crippen molar-refractivity contribution in [1.82, 2.24) is 10.2 Å². The third-order valence-electron chi connectivity index (χ3n) is 5.15. The van der Waals surface area contributed by atoms with Gasteiger partial charge in [0.05, 0.1) is 5.02 Å². The quantitative estimate of drug-likeness (QED) is 0.229. The molecule has 3 N–H and O–H groups in total. The van der Waals surface area contributed by atoms with E-state index in [1.165, 1.54) is 0 Å². The molecule has 0 radical (unpaired) electrons. The molecule has 0 aliphatic rings. The fraction of sp³-hybridized carbons (Fsp3) is 0.440. The molecule has 0 aromatic heterocycles. The van der Waals surface area contributed by atoms with Crippen LogP contribution in [0.2, 0.25) is 10.0 Å². The smallest absolute Gasteiger partial charge is 0.246 e. The van der Waals surface area contributed by atoms with Gasteiger partial charge in [0.25, 0.3) is 0 Å². The van der Waals surface area contributed by atoms with Crippen molar-refractivity contribution >= 4 is 40.4 Å². The topological polar surface area (TPSA) is 79.9 Å². The predicted octanol–water partition coefficient (Wildman–Crippen LogP) is 5.46. The molecule has 0 bridgehead atoms. The van der Waals surface area contributed by atoms with Crippen LogP contribution in [0, 0.1) is 0 Å². The summed E-state index contributed by atoms with van der Waals surface area (Å²) < 4.78 is 5.97. The lowest BCUT2D eigenvalue weighted by atomic mass is 9.96. The first-order valence-electron chi connectivity index (χ1n) is 11.1. The zero-order valence-electron chi connectivity index (χ0n) is 20.5. The number of nitrogens with one attached hydrogen (secondary N) is 1. The Labute approximate surface area is 208 Å². The Hall–Kier alpha value is -2.28. The van der Waals surface area contributed by atoms with Crippen LogP contribution in [-0.2, 0) is 4.79 Å². The van der Waals surface area contributed by atoms with Crippen LogP contribution in [0.5, 0.6) is 5.75 Å². The maximum atomic E-state index is 12.3. The second-order valence-electron chi connectivity index (χ2n) is 7.55. The standard InChI is InChI=1S/C25H36Cl2N4O2/c1-8-29-25(32)16(4)13-20(18(6)30-19(7)28)17(5)21-14-24(23(27)15-22(21)26)33-12-11-31(9-2)10-3/h13-15H,7-12,28H2,1-6H3,(H,29,32)/b16-13+,20-17+,30-18-. The Morgan fingerprint density at radius 3 is 2.36 bits per heavy atom. The molecule has 0 saturated carbocycles. The number of nitrogens with two attached hydrogens (primary N) is 1. The number of rotatable bonds is 12. The number of benzene rings is 1. The van der Waals surface area contributed by atoms with Gasteiger partial charge in [-0.05, 0) is 70.1 Å². The van der Waals surface area contributed by atoms with Gasteiger partial charge in [-0.2, -0.15) is 0 Å². The van der Waals surface area contributed by atoms with Crippen molar-refractivity contribution in [3.63, 3.8) is 0 Å². The van der Waals surface area contributed by atoms with Gasteiger partial charge >= 0.3 is 0 Å². The summed E-state index contributed by atoms with van der Waals surface area (Å²) in [6.07, 6.45) is 1.77. The van der Waals surface area contributed by atoms with Crippen molar-refractivity contribution < 1.29 is 9.53 Å². The number of halogens is 2. The normalized spacial score (nSPS) is 13.1. The largest absolute Gasteiger partial charge is 0.491 e. The molecule has 0 saturated heterocycles. The molecule has 33 heavy (non-hydrogen) atoms. The molecular formula is C25H36Cl2N4O2. The molecule has 6 nitrogen and oxygen atoms in total. The summed E-state index contributed by atoms with van der Waals surface area (Å²) in [5.74, 6) is 0.554. The zero-order valence-corrected chi connectivity index (χ0v) is 22.0. The van der Waals surface area contributed by atoms with E-state index in [9.17, 15) is 4.79 Å². The average Bonchev–Trinajstić information content (AvgIpc) is 2.75. The van der Waals surface area contributed by atoms with Crippen LogP contribution in [0.4, 0.5) is 0 Å². The second kappa shape index (κ2) is 14.1. The molecule has 8 heteroatoms. The van der Waals surface area contributed by atoms with E-state index in [1.54, 1.807) is 19.1 Å². The van der Waals surface area contributed by atoms with E-state index in [4.69, 9.17) is 33.7 Å². The molecule has 0 unspecified atom stereocenters. The van der Waals surface area contributed by atoms with Gasteiger partial charge in [-0.15, -0.1) is 0 Å². The third-order valence-corrected chi connectivity index (χ3v) is 5.75. The molecule has 1 aromatic carbocycles. The monoisotopic (exact) mass is 494 g/mol. The zero-order chi connectivity index (χ0) is 25.1. The first kappa shape index (κ1) is 28.8. The van der Waals surface area contributed by atoms with Crippen molar-refractivity contribution in [2.45, 2.75) is 41.5 Å². The molecule has 0 aliphatic heterocycles. The van der Waals surface area contributed by atoms with Gasteiger partial charge in [-0.25, -0.2) is 4.99 Å². The lowest BCUT2D eigenvalue weighted by Crippen LogP contribution is -2.27. The fourth-order valence-electron chi connectivity index (χ4n) is 3.24. The van der Waals surface area contributed by atoms with Crippen LogP contribution >= 0.6 is 23.2 Å². The highest BCUT2D eigenvalue weighted by molar-refractivity contribution is 6.36. The Kier molecular flexibility index (Phi) is 12.3. The molecular weight excluding hydrogens is 459 g/mol. The summed E-state index contributed by atoms with van der Waals surface area (Å²) in [6, 6.07) is 3.49. The number of aliphatic imine (C=N–C) groups is 1. The van der Waals surface area contributed by atoms with Crippen molar-refractivity contribution in [1.29, 1.82) is 0 Å². The average molecular weight is 495 g/mol. The van der Waals surface area contributed by atoms with Gasteiger partial charge < -0.3 is 20.7 Å². The lowest BCUT2D eigenvalue weighted by Gasteiger charge is -2.19. The first-order chi connectivity index (χ1) is 15.5. The number of carbonyl (C=O) groups excluding carboxylic acids is 1. The van der Waals surface area contributed by atoms with Gasteiger partial charge in [-0.1, -0.05) is 43.6 Å². The number of hydrogen-bond donors (Lipinski definition) is 2. The molecule has 182 valence electrons. The van der Waals surface area contributed by atoms with Crippen LogP contribution in [0.15, 0.2) is 46.7 Å². The third kappa shape index (κ3) is 8.88. The van der Waals surface area contributed by atoms with Crippen molar-refractivity contribution in [2.24, 2.45) is 10.7 Å². The summed E-state index contributed by atoms with van der Waals surface area (Å²) in [5, 5.41) is 3.70. The number of allylic oxidation sites excluding steroid dienone is 3. The van der Waals surface area contributed by atoms with Crippen molar-refractivity contribution in [3.8, 4) is 5.75 Å². The van der Waals surface area contributed by atoms with Gasteiger partial charge in [0.2, 0.25) is 5.91 Å². The van der Waals surface area contributed by atoms with Crippen LogP contribution in [-0.4, -0.2) is 49.3 Å². The highest BCUT2D eigenvalue weighted by Gasteiger charge is 2.16. The highest BCUT2D eigenvalue weighted by atomic mass is 35.5. The first-order valence-corrected chi connectivity index (χ1v) is 11.8. The van der Waals surface area contributed by atoms with Crippen molar-refractivity contribution in [2.75, 3.05) is 32.8 Å². The maximum absolute atomic E-state index is 12.3. The molecule has 0 heterocycles. The van der Waals surface area contributed by atoms with Crippen LogP contribution in [0.3, 0.4) is 0 Å². The number of hydrogen-bond acceptors (Lipinski definition) is 5. The lowest BCUT2D eigenvalue weighted by molar-refractivity contribution is -0.117.